The molecule has 0 fully saturated rings. The van der Waals surface area contributed by atoms with Gasteiger partial charge in [-0.3, -0.25) is 4.79 Å². The molecule has 1 aromatic carbocycles. The molecular formula is C14H13BrN2O3S. The first kappa shape index (κ1) is 15.7. The molecular weight excluding hydrogens is 356 g/mol. The number of nitrogens with one attached hydrogen (secondary N) is 1. The summed E-state index contributed by atoms with van der Waals surface area (Å²) in [6, 6.07) is 5.09. The number of amides is 1. The fourth-order valence-electron chi connectivity index (χ4n) is 1.74. The highest BCUT2D eigenvalue weighted by Gasteiger charge is 2.18. The molecule has 1 amide bonds. The van der Waals surface area contributed by atoms with Crippen molar-refractivity contribution in [2.24, 2.45) is 0 Å². The lowest BCUT2D eigenvalue weighted by Crippen LogP contribution is -2.27. The van der Waals surface area contributed by atoms with Gasteiger partial charge in [0.2, 0.25) is 0 Å². The van der Waals surface area contributed by atoms with E-state index in [1.807, 2.05) is 19.1 Å². The maximum atomic E-state index is 12.3. The van der Waals surface area contributed by atoms with E-state index < -0.39 is 5.97 Å². The number of aryl methyl sites for hydroxylation is 1. The second-order valence-electron chi connectivity index (χ2n) is 4.51. The molecule has 2 rings (SSSR count). The van der Waals surface area contributed by atoms with Gasteiger partial charge < -0.3 is 10.4 Å². The zero-order valence-corrected chi connectivity index (χ0v) is 13.8. The number of hydrogen-bond donors (Lipinski definition) is 2. The Morgan fingerprint density at radius 1 is 1.43 bits per heavy atom. The van der Waals surface area contributed by atoms with E-state index >= 15 is 0 Å². The van der Waals surface area contributed by atoms with Gasteiger partial charge in [0.1, 0.15) is 5.01 Å². The van der Waals surface area contributed by atoms with Crippen molar-refractivity contribution in [3.05, 3.63) is 49.9 Å². The maximum absolute atomic E-state index is 12.3. The predicted molar refractivity (Wildman–Crippen MR) is 83.8 cm³/mol. The molecule has 110 valence electrons. The molecule has 0 aliphatic rings. The van der Waals surface area contributed by atoms with Crippen LogP contribution in [0, 0.1) is 6.92 Å². The molecule has 1 heterocycles. The molecule has 0 saturated heterocycles. The summed E-state index contributed by atoms with van der Waals surface area (Å²) in [6.45, 7) is 3.68. The average molecular weight is 369 g/mol. The number of aromatic nitrogens is 1. The van der Waals surface area contributed by atoms with Crippen LogP contribution in [0.1, 0.15) is 44.4 Å². The van der Waals surface area contributed by atoms with Gasteiger partial charge in [0.25, 0.3) is 5.91 Å². The molecule has 2 N–H and O–H groups in total. The van der Waals surface area contributed by atoms with Crippen molar-refractivity contribution in [1.29, 1.82) is 0 Å². The fourth-order valence-corrected chi connectivity index (χ4v) is 2.99. The lowest BCUT2D eigenvalue weighted by atomic mass is 10.1. The molecule has 7 heteroatoms. The summed E-state index contributed by atoms with van der Waals surface area (Å²) in [5.41, 5.74) is 1.50. The van der Waals surface area contributed by atoms with Crippen molar-refractivity contribution in [1.82, 2.24) is 10.3 Å². The second-order valence-corrected chi connectivity index (χ2v) is 6.19. The minimum absolute atomic E-state index is 0.00663. The Bertz CT molecular complexity index is 699. The predicted octanol–water partition coefficient (Wildman–Crippen LogP) is 3.40. The lowest BCUT2D eigenvalue weighted by Gasteiger charge is -2.13. The first-order chi connectivity index (χ1) is 9.90. The van der Waals surface area contributed by atoms with Crippen molar-refractivity contribution in [3.8, 4) is 0 Å². The van der Waals surface area contributed by atoms with E-state index in [0.717, 1.165) is 10.0 Å². The molecule has 0 spiro atoms. The third-order valence-corrected chi connectivity index (χ3v) is 4.98. The Morgan fingerprint density at radius 2 is 2.14 bits per heavy atom. The van der Waals surface area contributed by atoms with Crippen LogP contribution in [0.3, 0.4) is 0 Å². The van der Waals surface area contributed by atoms with Crippen molar-refractivity contribution in [2.75, 3.05) is 0 Å². The van der Waals surface area contributed by atoms with Gasteiger partial charge in [-0.05, 0) is 41.4 Å². The first-order valence-electron chi connectivity index (χ1n) is 6.15. The van der Waals surface area contributed by atoms with Crippen LogP contribution in [-0.4, -0.2) is 22.0 Å². The van der Waals surface area contributed by atoms with Crippen molar-refractivity contribution in [3.63, 3.8) is 0 Å². The molecule has 1 atom stereocenters. The van der Waals surface area contributed by atoms with Crippen LogP contribution in [0.4, 0.5) is 0 Å². The van der Waals surface area contributed by atoms with Crippen LogP contribution in [0.15, 0.2) is 28.1 Å². The lowest BCUT2D eigenvalue weighted by molar-refractivity contribution is 0.0691. The Balaban J connectivity index is 2.14. The molecule has 1 aromatic heterocycles. The third-order valence-electron chi connectivity index (χ3n) is 2.90. The van der Waals surface area contributed by atoms with Crippen LogP contribution in [-0.2, 0) is 0 Å². The molecule has 0 bridgehead atoms. The van der Waals surface area contributed by atoms with Gasteiger partial charge in [0, 0.05) is 9.85 Å². The Kier molecular flexibility index (Phi) is 4.74. The quantitative estimate of drug-likeness (QED) is 0.866. The van der Waals surface area contributed by atoms with Gasteiger partial charge in [-0.1, -0.05) is 12.1 Å². The van der Waals surface area contributed by atoms with Crippen LogP contribution >= 0.6 is 27.3 Å². The van der Waals surface area contributed by atoms with E-state index in [2.05, 4.69) is 26.2 Å². The summed E-state index contributed by atoms with van der Waals surface area (Å²) in [6.07, 6.45) is 0. The van der Waals surface area contributed by atoms with Crippen LogP contribution < -0.4 is 5.32 Å². The SMILES string of the molecule is Cc1cccc(C(=O)NC(C)c2nc(C(=O)O)cs2)c1Br. The topological polar surface area (TPSA) is 79.3 Å². The average Bonchev–Trinajstić information content (AvgIpc) is 2.91. The minimum Gasteiger partial charge on any atom is -0.476 e. The van der Waals surface area contributed by atoms with Crippen LogP contribution in [0.25, 0.3) is 0 Å². The molecule has 0 aliphatic carbocycles. The maximum Gasteiger partial charge on any atom is 0.355 e. The highest BCUT2D eigenvalue weighted by Crippen LogP contribution is 2.23. The summed E-state index contributed by atoms with van der Waals surface area (Å²) in [5, 5.41) is 13.7. The van der Waals surface area contributed by atoms with E-state index in [-0.39, 0.29) is 17.6 Å². The smallest absolute Gasteiger partial charge is 0.355 e. The number of thiazole rings is 1. The summed E-state index contributed by atoms with van der Waals surface area (Å²) < 4.78 is 0.750. The normalized spacial score (nSPS) is 12.0. The Labute approximate surface area is 134 Å². The van der Waals surface area contributed by atoms with Crippen LogP contribution in [0.5, 0.6) is 0 Å². The number of carboxylic acid groups (broad SMARTS) is 1. The van der Waals surface area contributed by atoms with E-state index in [1.165, 1.54) is 16.7 Å². The molecule has 2 aromatic rings. The number of rotatable bonds is 4. The standard InChI is InChI=1S/C14H13BrN2O3S/c1-7-4-3-5-9(11(7)15)12(18)16-8(2)13-17-10(6-21-13)14(19)20/h3-6,8H,1-2H3,(H,16,18)(H,19,20). The number of carbonyl (C=O) groups is 2. The number of carbonyl (C=O) groups excluding carboxylic acids is 1. The van der Waals surface area contributed by atoms with Gasteiger partial charge in [-0.15, -0.1) is 11.3 Å². The van der Waals surface area contributed by atoms with E-state index in [4.69, 9.17) is 5.11 Å². The summed E-state index contributed by atoms with van der Waals surface area (Å²) in [5.74, 6) is -1.30. The third kappa shape index (κ3) is 3.48. The molecule has 0 saturated carbocycles. The van der Waals surface area contributed by atoms with Gasteiger partial charge in [-0.25, -0.2) is 9.78 Å². The number of benzene rings is 1. The van der Waals surface area contributed by atoms with E-state index in [1.54, 1.807) is 13.0 Å². The van der Waals surface area contributed by atoms with Gasteiger partial charge in [-0.2, -0.15) is 0 Å². The number of aromatic carboxylic acids is 1. The molecule has 21 heavy (non-hydrogen) atoms. The summed E-state index contributed by atoms with van der Waals surface area (Å²) >= 11 is 4.61. The molecule has 0 radical (unpaired) electrons. The zero-order valence-electron chi connectivity index (χ0n) is 11.4. The highest BCUT2D eigenvalue weighted by molar-refractivity contribution is 9.10. The highest BCUT2D eigenvalue weighted by atomic mass is 79.9. The number of hydrogen-bond acceptors (Lipinski definition) is 4. The van der Waals surface area contributed by atoms with E-state index in [9.17, 15) is 9.59 Å². The van der Waals surface area contributed by atoms with Crippen molar-refractivity contribution < 1.29 is 14.7 Å². The first-order valence-corrected chi connectivity index (χ1v) is 7.82. The molecule has 5 nitrogen and oxygen atoms in total. The Morgan fingerprint density at radius 3 is 2.76 bits per heavy atom. The largest absolute Gasteiger partial charge is 0.476 e. The molecule has 0 aliphatic heterocycles. The van der Waals surface area contributed by atoms with Crippen molar-refractivity contribution >= 4 is 39.1 Å². The second kappa shape index (κ2) is 6.36. The summed E-state index contributed by atoms with van der Waals surface area (Å²) in [4.78, 5) is 27.1. The number of nitrogens with zero attached hydrogens (tertiary/aromatic N) is 1. The Hall–Kier alpha value is -1.73. The van der Waals surface area contributed by atoms with Crippen LogP contribution in [0.2, 0.25) is 0 Å². The minimum atomic E-state index is -1.07. The number of carboxylic acids is 1. The zero-order chi connectivity index (χ0) is 15.6. The van der Waals surface area contributed by atoms with Gasteiger partial charge >= 0.3 is 5.97 Å². The van der Waals surface area contributed by atoms with E-state index in [0.29, 0.717) is 10.6 Å². The number of halogens is 1. The molecule has 1 unspecified atom stereocenters. The summed E-state index contributed by atoms with van der Waals surface area (Å²) in [7, 11) is 0. The van der Waals surface area contributed by atoms with Gasteiger partial charge in [0.15, 0.2) is 5.69 Å². The monoisotopic (exact) mass is 368 g/mol. The fraction of sp³-hybridized carbons (Fsp3) is 0.214. The van der Waals surface area contributed by atoms with Crippen molar-refractivity contribution in [2.45, 2.75) is 19.9 Å². The van der Waals surface area contributed by atoms with Gasteiger partial charge in [0.05, 0.1) is 11.6 Å².